The van der Waals surface area contributed by atoms with Crippen LogP contribution in [0.5, 0.6) is 0 Å². The maximum Gasteiger partial charge on any atom is 0.253 e. The van der Waals surface area contributed by atoms with Gasteiger partial charge in [-0.15, -0.1) is 0 Å². The number of hydrogen-bond donors (Lipinski definition) is 2. The maximum atomic E-state index is 12.6. The lowest BCUT2D eigenvalue weighted by Gasteiger charge is -2.61. The molecule has 0 aliphatic heterocycles. The average Bonchev–Trinajstić information content (AvgIpc) is 2.85. The molecule has 2 fully saturated rings. The van der Waals surface area contributed by atoms with Crippen molar-refractivity contribution in [3.05, 3.63) is 23.5 Å². The van der Waals surface area contributed by atoms with Crippen LogP contribution < -0.4 is 5.32 Å². The number of carbonyl (C=O) groups is 1. The maximum absolute atomic E-state index is 12.6. The van der Waals surface area contributed by atoms with Gasteiger partial charge in [0.2, 0.25) is 0 Å². The molecule has 2 aromatic rings. The van der Waals surface area contributed by atoms with Gasteiger partial charge in [0.1, 0.15) is 0 Å². The molecule has 2 aliphatic rings. The Hall–Kier alpha value is -1.95. The lowest BCUT2D eigenvalue weighted by atomic mass is 9.51. The standard InChI is InChI=1S/C17H22N4O2/c1-3-23-14-8-13(17(14)5-4-6-17)19-16(22)11-7-12-10(2)20-21-15(12)18-9-11/h7,9,13-14H,3-6,8H2,1-2H3,(H,19,22)(H,18,20,21)/t13-,14-/m1/s1. The summed E-state index contributed by atoms with van der Waals surface area (Å²) in [6, 6.07) is 2.09. The van der Waals surface area contributed by atoms with Gasteiger partial charge in [-0.2, -0.15) is 5.10 Å². The summed E-state index contributed by atoms with van der Waals surface area (Å²) >= 11 is 0. The normalized spacial score (nSPS) is 25.1. The molecule has 6 nitrogen and oxygen atoms in total. The molecule has 2 saturated carbocycles. The van der Waals surface area contributed by atoms with Crippen LogP contribution in [0.25, 0.3) is 11.0 Å². The van der Waals surface area contributed by atoms with E-state index in [1.54, 1.807) is 6.20 Å². The van der Waals surface area contributed by atoms with Crippen LogP contribution in [0.2, 0.25) is 0 Å². The molecule has 0 unspecified atom stereocenters. The first-order valence-corrected chi connectivity index (χ1v) is 8.37. The number of pyridine rings is 1. The molecule has 2 aliphatic carbocycles. The highest BCUT2D eigenvalue weighted by Gasteiger charge is 2.59. The topological polar surface area (TPSA) is 79.9 Å². The van der Waals surface area contributed by atoms with Crippen molar-refractivity contribution in [2.24, 2.45) is 5.41 Å². The van der Waals surface area contributed by atoms with E-state index in [2.05, 4.69) is 20.5 Å². The number of fused-ring (bicyclic) bond motifs is 1. The van der Waals surface area contributed by atoms with Gasteiger partial charge < -0.3 is 10.1 Å². The van der Waals surface area contributed by atoms with Crippen molar-refractivity contribution >= 4 is 16.9 Å². The van der Waals surface area contributed by atoms with Gasteiger partial charge in [0, 0.05) is 35.3 Å². The van der Waals surface area contributed by atoms with E-state index in [0.717, 1.165) is 36.9 Å². The minimum Gasteiger partial charge on any atom is -0.378 e. The summed E-state index contributed by atoms with van der Waals surface area (Å²) in [4.78, 5) is 16.9. The van der Waals surface area contributed by atoms with Crippen molar-refractivity contribution in [1.82, 2.24) is 20.5 Å². The lowest BCUT2D eigenvalue weighted by Crippen LogP contribution is -2.67. The Balaban J connectivity index is 1.50. The van der Waals surface area contributed by atoms with Crippen LogP contribution in [-0.4, -0.2) is 39.8 Å². The van der Waals surface area contributed by atoms with Gasteiger partial charge in [0.05, 0.1) is 11.7 Å². The van der Waals surface area contributed by atoms with Gasteiger partial charge in [-0.05, 0) is 39.2 Å². The highest BCUT2D eigenvalue weighted by Crippen LogP contribution is 2.57. The highest BCUT2D eigenvalue weighted by atomic mass is 16.5. The summed E-state index contributed by atoms with van der Waals surface area (Å²) in [5, 5.41) is 11.1. The second kappa shape index (κ2) is 5.30. The summed E-state index contributed by atoms with van der Waals surface area (Å²) in [5.41, 5.74) is 2.35. The monoisotopic (exact) mass is 314 g/mol. The predicted octanol–water partition coefficient (Wildman–Crippen LogP) is 2.34. The molecule has 2 N–H and O–H groups in total. The first kappa shape index (κ1) is 14.6. The van der Waals surface area contributed by atoms with Crippen LogP contribution in [0.15, 0.2) is 12.3 Å². The number of amides is 1. The number of carbonyl (C=O) groups excluding carboxylic acids is 1. The molecule has 0 bridgehead atoms. The van der Waals surface area contributed by atoms with Crippen LogP contribution in [0.1, 0.15) is 48.7 Å². The minimum absolute atomic E-state index is 0.0498. The van der Waals surface area contributed by atoms with Crippen LogP contribution in [0.4, 0.5) is 0 Å². The number of hydrogen-bond acceptors (Lipinski definition) is 4. The van der Waals surface area contributed by atoms with Gasteiger partial charge in [0.15, 0.2) is 5.65 Å². The average molecular weight is 314 g/mol. The molecule has 2 heterocycles. The zero-order chi connectivity index (χ0) is 16.0. The summed E-state index contributed by atoms with van der Waals surface area (Å²) in [6.45, 7) is 4.71. The largest absolute Gasteiger partial charge is 0.378 e. The fourth-order valence-corrected chi connectivity index (χ4v) is 4.03. The molecule has 2 atom stereocenters. The molecule has 0 saturated heterocycles. The Morgan fingerprint density at radius 2 is 2.35 bits per heavy atom. The Kier molecular flexibility index (Phi) is 3.37. The van der Waals surface area contributed by atoms with Crippen molar-refractivity contribution in [2.75, 3.05) is 6.61 Å². The van der Waals surface area contributed by atoms with Crippen LogP contribution in [-0.2, 0) is 4.74 Å². The molecule has 1 spiro atoms. The van der Waals surface area contributed by atoms with Gasteiger partial charge in [-0.1, -0.05) is 6.42 Å². The Morgan fingerprint density at radius 3 is 3.04 bits per heavy atom. The molecular formula is C17H22N4O2. The number of aromatic nitrogens is 3. The zero-order valence-corrected chi connectivity index (χ0v) is 13.6. The van der Waals surface area contributed by atoms with Gasteiger partial charge in [-0.25, -0.2) is 4.98 Å². The number of rotatable bonds is 4. The van der Waals surface area contributed by atoms with E-state index in [-0.39, 0.29) is 17.4 Å². The van der Waals surface area contributed by atoms with E-state index in [4.69, 9.17) is 4.74 Å². The van der Waals surface area contributed by atoms with Gasteiger partial charge >= 0.3 is 0 Å². The van der Waals surface area contributed by atoms with E-state index in [1.807, 2.05) is 19.9 Å². The molecular weight excluding hydrogens is 292 g/mol. The van der Waals surface area contributed by atoms with E-state index in [9.17, 15) is 4.79 Å². The third-order valence-electron chi connectivity index (χ3n) is 5.60. The number of H-pyrrole nitrogens is 1. The summed E-state index contributed by atoms with van der Waals surface area (Å²) < 4.78 is 5.84. The fraction of sp³-hybridized carbons (Fsp3) is 0.588. The molecule has 23 heavy (non-hydrogen) atoms. The molecule has 0 radical (unpaired) electrons. The van der Waals surface area contributed by atoms with E-state index in [1.165, 1.54) is 6.42 Å². The first-order valence-electron chi connectivity index (χ1n) is 8.37. The van der Waals surface area contributed by atoms with Gasteiger partial charge in [0.25, 0.3) is 5.91 Å². The molecule has 6 heteroatoms. The quantitative estimate of drug-likeness (QED) is 0.908. The van der Waals surface area contributed by atoms with E-state index < -0.39 is 0 Å². The number of aromatic amines is 1. The number of nitrogens with zero attached hydrogens (tertiary/aromatic N) is 2. The minimum atomic E-state index is -0.0498. The second-order valence-electron chi connectivity index (χ2n) is 6.74. The van der Waals surface area contributed by atoms with Crippen LogP contribution >= 0.6 is 0 Å². The van der Waals surface area contributed by atoms with Crippen molar-refractivity contribution in [3.8, 4) is 0 Å². The summed E-state index contributed by atoms with van der Waals surface area (Å²) in [5.74, 6) is -0.0498. The van der Waals surface area contributed by atoms with E-state index in [0.29, 0.717) is 17.3 Å². The molecule has 2 aromatic heterocycles. The summed E-state index contributed by atoms with van der Waals surface area (Å²) in [6.07, 6.45) is 6.37. The predicted molar refractivity (Wildman–Crippen MR) is 86.2 cm³/mol. The number of nitrogens with one attached hydrogen (secondary N) is 2. The first-order chi connectivity index (χ1) is 11.1. The molecule has 1 amide bonds. The van der Waals surface area contributed by atoms with Crippen LogP contribution in [0, 0.1) is 12.3 Å². The lowest BCUT2D eigenvalue weighted by molar-refractivity contribution is -0.169. The Labute approximate surface area is 135 Å². The SMILES string of the molecule is CCO[C@@H]1C[C@@H](NC(=O)c2cnc3n[nH]c(C)c3c2)C12CCC2. The Bertz CT molecular complexity index is 750. The third kappa shape index (κ3) is 2.16. The van der Waals surface area contributed by atoms with Crippen molar-refractivity contribution < 1.29 is 9.53 Å². The second-order valence-corrected chi connectivity index (χ2v) is 6.74. The molecule has 4 rings (SSSR count). The number of aryl methyl sites for hydroxylation is 1. The molecule has 122 valence electrons. The smallest absolute Gasteiger partial charge is 0.253 e. The molecule has 0 aromatic carbocycles. The fourth-order valence-electron chi connectivity index (χ4n) is 4.03. The third-order valence-corrected chi connectivity index (χ3v) is 5.60. The summed E-state index contributed by atoms with van der Waals surface area (Å²) in [7, 11) is 0. The van der Waals surface area contributed by atoms with Gasteiger partial charge in [-0.3, -0.25) is 9.89 Å². The van der Waals surface area contributed by atoms with Crippen molar-refractivity contribution in [3.63, 3.8) is 0 Å². The highest BCUT2D eigenvalue weighted by molar-refractivity contribution is 5.97. The van der Waals surface area contributed by atoms with Crippen molar-refractivity contribution in [2.45, 2.75) is 51.7 Å². The number of ether oxygens (including phenoxy) is 1. The zero-order valence-electron chi connectivity index (χ0n) is 13.6. The van der Waals surface area contributed by atoms with Crippen LogP contribution in [0.3, 0.4) is 0 Å². The van der Waals surface area contributed by atoms with Crippen molar-refractivity contribution in [1.29, 1.82) is 0 Å². The van der Waals surface area contributed by atoms with E-state index >= 15 is 0 Å². The Morgan fingerprint density at radius 1 is 1.52 bits per heavy atom.